The number of halogens is 1. The van der Waals surface area contributed by atoms with Crippen molar-refractivity contribution in [2.75, 3.05) is 23.4 Å². The zero-order valence-electron chi connectivity index (χ0n) is 10.7. The lowest BCUT2D eigenvalue weighted by atomic mass is 10.2. The second-order valence-corrected chi connectivity index (χ2v) is 4.89. The number of amides is 2. The van der Waals surface area contributed by atoms with Crippen LogP contribution >= 0.6 is 11.8 Å². The van der Waals surface area contributed by atoms with Crippen LogP contribution in [0.4, 0.5) is 14.9 Å². The lowest BCUT2D eigenvalue weighted by Gasteiger charge is -2.08. The van der Waals surface area contributed by atoms with Crippen molar-refractivity contribution in [3.05, 3.63) is 42.2 Å². The summed E-state index contributed by atoms with van der Waals surface area (Å²) < 4.78 is 13.4. The standard InChI is InChI=1S/C13H15FN2O3S/c1-2-6-20-7-5-15-13(19)16-11-8-9(12(17)18)3-4-10(11)14/h2-4,8H,1,5-7H2,(H,17,18)(H2,15,16,19). The van der Waals surface area contributed by atoms with Gasteiger partial charge in [0.1, 0.15) is 5.82 Å². The normalized spacial score (nSPS) is 9.85. The highest BCUT2D eigenvalue weighted by Crippen LogP contribution is 2.16. The number of hydrogen-bond acceptors (Lipinski definition) is 3. The predicted molar refractivity (Wildman–Crippen MR) is 77.9 cm³/mol. The summed E-state index contributed by atoms with van der Waals surface area (Å²) in [5.74, 6) is -0.379. The molecular weight excluding hydrogens is 283 g/mol. The quantitative estimate of drug-likeness (QED) is 0.534. The van der Waals surface area contributed by atoms with Crippen LogP contribution in [0, 0.1) is 5.82 Å². The van der Waals surface area contributed by atoms with Gasteiger partial charge in [-0.1, -0.05) is 6.08 Å². The molecule has 0 fully saturated rings. The number of anilines is 1. The van der Waals surface area contributed by atoms with E-state index in [1.807, 2.05) is 0 Å². The summed E-state index contributed by atoms with van der Waals surface area (Å²) in [5.41, 5.74) is -0.260. The van der Waals surface area contributed by atoms with Crippen LogP contribution in [-0.4, -0.2) is 35.2 Å². The molecule has 0 saturated heterocycles. The number of benzene rings is 1. The average molecular weight is 298 g/mol. The first kappa shape index (κ1) is 16.0. The molecule has 0 unspecified atom stereocenters. The van der Waals surface area contributed by atoms with Crippen molar-refractivity contribution in [1.82, 2.24) is 5.32 Å². The van der Waals surface area contributed by atoms with Crippen molar-refractivity contribution < 1.29 is 19.1 Å². The molecule has 0 aromatic heterocycles. The van der Waals surface area contributed by atoms with Gasteiger partial charge < -0.3 is 15.7 Å². The summed E-state index contributed by atoms with van der Waals surface area (Å²) >= 11 is 1.60. The van der Waals surface area contributed by atoms with Gasteiger partial charge in [0, 0.05) is 18.1 Å². The molecule has 1 aromatic carbocycles. The highest BCUT2D eigenvalue weighted by Gasteiger charge is 2.10. The fourth-order valence-electron chi connectivity index (χ4n) is 1.32. The second kappa shape index (κ2) is 8.21. The van der Waals surface area contributed by atoms with Crippen LogP contribution in [-0.2, 0) is 0 Å². The summed E-state index contributed by atoms with van der Waals surface area (Å²) in [4.78, 5) is 22.3. The third-order valence-electron chi connectivity index (χ3n) is 2.23. The Labute approximate surface area is 120 Å². The topological polar surface area (TPSA) is 78.4 Å². The molecule has 0 heterocycles. The molecule has 2 amide bonds. The van der Waals surface area contributed by atoms with Crippen LogP contribution in [0.5, 0.6) is 0 Å². The Morgan fingerprint density at radius 3 is 2.85 bits per heavy atom. The van der Waals surface area contributed by atoms with E-state index < -0.39 is 17.8 Å². The first-order chi connectivity index (χ1) is 9.54. The number of aromatic carboxylic acids is 1. The van der Waals surface area contributed by atoms with Crippen LogP contribution < -0.4 is 10.6 Å². The second-order valence-electron chi connectivity index (χ2n) is 3.74. The molecule has 0 bridgehead atoms. The van der Waals surface area contributed by atoms with Gasteiger partial charge in [-0.25, -0.2) is 14.0 Å². The van der Waals surface area contributed by atoms with E-state index in [0.717, 1.165) is 24.0 Å². The molecule has 20 heavy (non-hydrogen) atoms. The molecule has 0 aliphatic rings. The maximum absolute atomic E-state index is 13.4. The minimum absolute atomic E-state index is 0.0942. The lowest BCUT2D eigenvalue weighted by Crippen LogP contribution is -2.31. The van der Waals surface area contributed by atoms with E-state index in [0.29, 0.717) is 12.3 Å². The molecule has 0 aliphatic carbocycles. The number of carboxylic acid groups (broad SMARTS) is 1. The maximum atomic E-state index is 13.4. The SMILES string of the molecule is C=CCSCCNC(=O)Nc1cc(C(=O)O)ccc1F. The number of hydrogen-bond donors (Lipinski definition) is 3. The van der Waals surface area contributed by atoms with E-state index in [4.69, 9.17) is 5.11 Å². The van der Waals surface area contributed by atoms with E-state index >= 15 is 0 Å². The maximum Gasteiger partial charge on any atom is 0.335 e. The van der Waals surface area contributed by atoms with E-state index in [1.165, 1.54) is 0 Å². The van der Waals surface area contributed by atoms with Crippen LogP contribution in [0.25, 0.3) is 0 Å². The van der Waals surface area contributed by atoms with Crippen molar-refractivity contribution in [2.45, 2.75) is 0 Å². The summed E-state index contributed by atoms with van der Waals surface area (Å²) in [5, 5.41) is 13.6. The van der Waals surface area contributed by atoms with Gasteiger partial charge in [0.25, 0.3) is 0 Å². The summed E-state index contributed by atoms with van der Waals surface area (Å²) in [6.45, 7) is 3.99. The third-order valence-corrected chi connectivity index (χ3v) is 3.19. The molecule has 0 aliphatic heterocycles. The number of carbonyl (C=O) groups is 2. The highest BCUT2D eigenvalue weighted by atomic mass is 32.2. The van der Waals surface area contributed by atoms with Crippen LogP contribution in [0.15, 0.2) is 30.9 Å². The number of rotatable bonds is 7. The number of carboxylic acids is 1. The number of urea groups is 1. The molecule has 5 nitrogen and oxygen atoms in total. The van der Waals surface area contributed by atoms with Gasteiger partial charge in [-0.2, -0.15) is 11.8 Å². The highest BCUT2D eigenvalue weighted by molar-refractivity contribution is 7.99. The van der Waals surface area contributed by atoms with Crippen LogP contribution in [0.1, 0.15) is 10.4 Å². The Balaban J connectivity index is 2.50. The Morgan fingerprint density at radius 1 is 1.45 bits per heavy atom. The number of carbonyl (C=O) groups excluding carboxylic acids is 1. The van der Waals surface area contributed by atoms with E-state index in [1.54, 1.807) is 17.8 Å². The molecule has 7 heteroatoms. The number of nitrogens with one attached hydrogen (secondary N) is 2. The van der Waals surface area contributed by atoms with Gasteiger partial charge >= 0.3 is 12.0 Å². The Morgan fingerprint density at radius 2 is 2.20 bits per heavy atom. The van der Waals surface area contributed by atoms with Gasteiger partial charge in [0.15, 0.2) is 0 Å². The summed E-state index contributed by atoms with van der Waals surface area (Å²) in [7, 11) is 0. The average Bonchev–Trinajstić information content (AvgIpc) is 2.40. The zero-order valence-corrected chi connectivity index (χ0v) is 11.5. The third kappa shape index (κ3) is 5.31. The number of thioether (sulfide) groups is 1. The Bertz CT molecular complexity index is 508. The van der Waals surface area contributed by atoms with Crippen LogP contribution in [0.2, 0.25) is 0 Å². The van der Waals surface area contributed by atoms with Gasteiger partial charge in [-0.05, 0) is 18.2 Å². The molecule has 1 aromatic rings. The van der Waals surface area contributed by atoms with E-state index in [-0.39, 0.29) is 11.3 Å². The first-order valence-corrected chi connectivity index (χ1v) is 6.96. The summed E-state index contributed by atoms with van der Waals surface area (Å²) in [6, 6.07) is 2.63. The minimum atomic E-state index is -1.19. The molecule has 3 N–H and O–H groups in total. The molecule has 0 saturated carbocycles. The molecule has 0 radical (unpaired) electrons. The van der Waals surface area contributed by atoms with Crippen molar-refractivity contribution in [1.29, 1.82) is 0 Å². The van der Waals surface area contributed by atoms with Gasteiger partial charge in [-0.15, -0.1) is 6.58 Å². The zero-order chi connectivity index (χ0) is 15.0. The summed E-state index contributed by atoms with van der Waals surface area (Å²) in [6.07, 6.45) is 1.76. The monoisotopic (exact) mass is 298 g/mol. The molecule has 1 rings (SSSR count). The largest absolute Gasteiger partial charge is 0.478 e. The van der Waals surface area contributed by atoms with Crippen LogP contribution in [0.3, 0.4) is 0 Å². The van der Waals surface area contributed by atoms with Gasteiger partial charge in [0.2, 0.25) is 0 Å². The Kier molecular flexibility index (Phi) is 6.58. The first-order valence-electron chi connectivity index (χ1n) is 5.81. The molecule has 0 atom stereocenters. The smallest absolute Gasteiger partial charge is 0.335 e. The van der Waals surface area contributed by atoms with Crippen molar-refractivity contribution >= 4 is 29.4 Å². The van der Waals surface area contributed by atoms with E-state index in [9.17, 15) is 14.0 Å². The van der Waals surface area contributed by atoms with E-state index in [2.05, 4.69) is 17.2 Å². The minimum Gasteiger partial charge on any atom is -0.478 e. The fourth-order valence-corrected chi connectivity index (χ4v) is 1.90. The van der Waals surface area contributed by atoms with Crippen molar-refractivity contribution in [3.8, 4) is 0 Å². The predicted octanol–water partition coefficient (Wildman–Crippen LogP) is 2.56. The van der Waals surface area contributed by atoms with Crippen molar-refractivity contribution in [2.24, 2.45) is 0 Å². The Hall–Kier alpha value is -2.02. The van der Waals surface area contributed by atoms with Gasteiger partial charge in [0.05, 0.1) is 11.3 Å². The van der Waals surface area contributed by atoms with Crippen molar-refractivity contribution in [3.63, 3.8) is 0 Å². The van der Waals surface area contributed by atoms with Gasteiger partial charge in [-0.3, -0.25) is 0 Å². The lowest BCUT2D eigenvalue weighted by molar-refractivity contribution is 0.0697. The fraction of sp³-hybridized carbons (Fsp3) is 0.231. The molecule has 0 spiro atoms. The molecular formula is C13H15FN2O3S. The molecule has 108 valence electrons.